The molecule has 7 nitrogen and oxygen atoms in total. The summed E-state index contributed by atoms with van der Waals surface area (Å²) in [6, 6.07) is 21.7. The molecule has 1 saturated heterocycles. The van der Waals surface area contributed by atoms with E-state index in [0.717, 1.165) is 29.3 Å². The molecule has 2 aromatic heterocycles. The van der Waals surface area contributed by atoms with E-state index in [2.05, 4.69) is 9.55 Å². The molecule has 0 spiro atoms. The molecule has 0 amide bonds. The number of imidazole rings is 1. The molecular formula is C34H28F2N4O3. The summed E-state index contributed by atoms with van der Waals surface area (Å²) in [5.74, 6) is 0.359. The van der Waals surface area contributed by atoms with Gasteiger partial charge in [-0.15, -0.1) is 0 Å². The topological polar surface area (TPSA) is 90.0 Å². The van der Waals surface area contributed by atoms with E-state index >= 15 is 4.39 Å². The highest BCUT2D eigenvalue weighted by atomic mass is 19.1. The summed E-state index contributed by atoms with van der Waals surface area (Å²) in [6.07, 6.45) is 1.21. The largest absolute Gasteiger partial charge is 0.473 e. The maximum Gasteiger partial charge on any atom is 0.214 e. The molecule has 1 aliphatic heterocycles. The van der Waals surface area contributed by atoms with Crippen molar-refractivity contribution in [2.75, 3.05) is 13.2 Å². The lowest BCUT2D eigenvalue weighted by Gasteiger charge is -2.14. The van der Waals surface area contributed by atoms with Crippen LogP contribution >= 0.6 is 0 Å². The molecule has 1 fully saturated rings. The lowest BCUT2D eigenvalue weighted by atomic mass is 10.0. The second-order valence-electron chi connectivity index (χ2n) is 10.7. The van der Waals surface area contributed by atoms with E-state index in [1.165, 1.54) is 25.1 Å². The summed E-state index contributed by atoms with van der Waals surface area (Å²) in [7, 11) is 0. The fourth-order valence-corrected chi connectivity index (χ4v) is 5.28. The van der Waals surface area contributed by atoms with Crippen LogP contribution in [0.4, 0.5) is 8.78 Å². The average molecular weight is 579 g/mol. The van der Waals surface area contributed by atoms with Crippen LogP contribution in [0.15, 0.2) is 72.8 Å². The Morgan fingerprint density at radius 3 is 2.63 bits per heavy atom. The molecule has 1 aliphatic rings. The number of nitrogens with zero attached hydrogens (tertiary/aromatic N) is 4. The summed E-state index contributed by atoms with van der Waals surface area (Å²) in [4.78, 5) is 21.4. The van der Waals surface area contributed by atoms with Crippen molar-refractivity contribution >= 4 is 16.8 Å². The molecule has 0 saturated carbocycles. The molecule has 3 heterocycles. The van der Waals surface area contributed by atoms with Crippen molar-refractivity contribution in [1.82, 2.24) is 14.5 Å². The number of carbonyl (C=O) groups excluding carboxylic acids is 1. The van der Waals surface area contributed by atoms with Gasteiger partial charge < -0.3 is 14.0 Å². The molecule has 3 aromatic carbocycles. The maximum absolute atomic E-state index is 15.5. The van der Waals surface area contributed by atoms with Crippen LogP contribution in [0.1, 0.15) is 46.2 Å². The second-order valence-corrected chi connectivity index (χ2v) is 10.7. The number of fused-ring (bicyclic) bond motifs is 1. The number of hydrogen-bond donors (Lipinski definition) is 0. The van der Waals surface area contributed by atoms with Gasteiger partial charge in [-0.25, -0.2) is 18.7 Å². The lowest BCUT2D eigenvalue weighted by Crippen LogP contribution is -2.14. The van der Waals surface area contributed by atoms with Gasteiger partial charge in [0.25, 0.3) is 0 Å². The van der Waals surface area contributed by atoms with Gasteiger partial charge in [-0.2, -0.15) is 5.26 Å². The molecular weight excluding hydrogens is 550 g/mol. The van der Waals surface area contributed by atoms with E-state index in [0.29, 0.717) is 53.6 Å². The third kappa shape index (κ3) is 6.15. The summed E-state index contributed by atoms with van der Waals surface area (Å²) < 4.78 is 43.1. The summed E-state index contributed by atoms with van der Waals surface area (Å²) >= 11 is 0. The maximum atomic E-state index is 15.5. The van der Waals surface area contributed by atoms with E-state index in [4.69, 9.17) is 19.7 Å². The van der Waals surface area contributed by atoms with Crippen molar-refractivity contribution in [3.05, 3.63) is 113 Å². The Morgan fingerprint density at radius 1 is 1.05 bits per heavy atom. The van der Waals surface area contributed by atoms with Crippen molar-refractivity contribution in [3.8, 4) is 23.2 Å². The van der Waals surface area contributed by atoms with E-state index < -0.39 is 11.6 Å². The predicted molar refractivity (Wildman–Crippen MR) is 157 cm³/mol. The first kappa shape index (κ1) is 28.2. The minimum atomic E-state index is -0.530. The molecule has 9 heteroatoms. The standard InChI is InChI=1S/C34H28F2N4O3/c1-21(41)24-9-10-31-32(15-24)40(18-23-11-12-42-19-23)33(38-31)16-25-7-8-26(14-29(25)36)30-3-2-4-34(39-30)43-20-27-6-5-22(17-37)13-28(27)35/h2-10,13-15,23H,11-12,16,18-20H2,1H3/t23-/m1/s1. The third-order valence-corrected chi connectivity index (χ3v) is 7.68. The average Bonchev–Trinajstić information content (AvgIpc) is 3.65. The second kappa shape index (κ2) is 12.1. The smallest absolute Gasteiger partial charge is 0.214 e. The number of Topliss-reactive ketones (excluding diaryl/α,β-unsaturated/α-hetero) is 1. The number of pyridine rings is 1. The number of ether oxygens (including phenoxy) is 2. The first-order chi connectivity index (χ1) is 20.9. The molecule has 5 aromatic rings. The van der Waals surface area contributed by atoms with Gasteiger partial charge in [0.1, 0.15) is 24.1 Å². The zero-order chi connectivity index (χ0) is 29.9. The quantitative estimate of drug-likeness (QED) is 0.182. The molecule has 1 atom stereocenters. The third-order valence-electron chi connectivity index (χ3n) is 7.68. The van der Waals surface area contributed by atoms with Crippen molar-refractivity contribution in [3.63, 3.8) is 0 Å². The van der Waals surface area contributed by atoms with Crippen LogP contribution in [0.25, 0.3) is 22.3 Å². The van der Waals surface area contributed by atoms with Crippen molar-refractivity contribution in [1.29, 1.82) is 5.26 Å². The minimum Gasteiger partial charge on any atom is -0.473 e. The predicted octanol–water partition coefficient (Wildman–Crippen LogP) is 6.66. The molecule has 6 rings (SSSR count). The van der Waals surface area contributed by atoms with Crippen molar-refractivity contribution in [2.45, 2.75) is 32.9 Å². The monoisotopic (exact) mass is 578 g/mol. The minimum absolute atomic E-state index is 0.0217. The number of aromatic nitrogens is 3. The van der Waals surface area contributed by atoms with Gasteiger partial charge >= 0.3 is 0 Å². The van der Waals surface area contributed by atoms with E-state index in [-0.39, 0.29) is 30.3 Å². The van der Waals surface area contributed by atoms with Crippen LogP contribution in [0.3, 0.4) is 0 Å². The van der Waals surface area contributed by atoms with Gasteiger partial charge in [0, 0.05) is 48.2 Å². The van der Waals surface area contributed by atoms with Gasteiger partial charge in [0.15, 0.2) is 5.78 Å². The first-order valence-corrected chi connectivity index (χ1v) is 14.0. The van der Waals surface area contributed by atoms with Crippen LogP contribution in [0, 0.1) is 28.9 Å². The van der Waals surface area contributed by atoms with E-state index in [1.807, 2.05) is 18.2 Å². The van der Waals surface area contributed by atoms with Gasteiger partial charge in [0.2, 0.25) is 5.88 Å². The van der Waals surface area contributed by atoms with E-state index in [9.17, 15) is 9.18 Å². The van der Waals surface area contributed by atoms with Crippen LogP contribution < -0.4 is 4.74 Å². The molecule has 0 bridgehead atoms. The van der Waals surface area contributed by atoms with Gasteiger partial charge in [-0.3, -0.25) is 4.79 Å². The van der Waals surface area contributed by atoms with Crippen LogP contribution in [-0.2, 0) is 24.3 Å². The highest BCUT2D eigenvalue weighted by Crippen LogP contribution is 2.27. The van der Waals surface area contributed by atoms with Crippen molar-refractivity contribution < 1.29 is 23.0 Å². The van der Waals surface area contributed by atoms with Crippen LogP contribution in [-0.4, -0.2) is 33.5 Å². The van der Waals surface area contributed by atoms with Crippen LogP contribution in [0.2, 0.25) is 0 Å². The Morgan fingerprint density at radius 2 is 1.88 bits per heavy atom. The summed E-state index contributed by atoms with van der Waals surface area (Å²) in [5.41, 5.74) is 4.32. The number of carbonyl (C=O) groups is 1. The Bertz CT molecular complexity index is 1870. The van der Waals surface area contributed by atoms with Gasteiger partial charge in [-0.05, 0) is 61.4 Å². The SMILES string of the molecule is CC(=O)c1ccc2nc(Cc3ccc(-c4cccc(OCc5ccc(C#N)cc5F)n4)cc3F)n(C[C@H]3CCOC3)c2c1. The van der Waals surface area contributed by atoms with Gasteiger partial charge in [0.05, 0.1) is 35.0 Å². The molecule has 0 aliphatic carbocycles. The zero-order valence-electron chi connectivity index (χ0n) is 23.5. The number of hydrogen-bond acceptors (Lipinski definition) is 6. The van der Waals surface area contributed by atoms with Crippen LogP contribution in [0.5, 0.6) is 5.88 Å². The molecule has 216 valence electrons. The zero-order valence-corrected chi connectivity index (χ0v) is 23.5. The molecule has 0 radical (unpaired) electrons. The number of ketones is 1. The molecule has 0 N–H and O–H groups in total. The van der Waals surface area contributed by atoms with E-state index in [1.54, 1.807) is 36.4 Å². The number of halogens is 2. The van der Waals surface area contributed by atoms with Crippen molar-refractivity contribution in [2.24, 2.45) is 5.92 Å². The lowest BCUT2D eigenvalue weighted by molar-refractivity contribution is 0.101. The highest BCUT2D eigenvalue weighted by molar-refractivity contribution is 5.97. The normalized spacial score (nSPS) is 14.6. The van der Waals surface area contributed by atoms with Gasteiger partial charge in [-0.1, -0.05) is 24.3 Å². The Hall–Kier alpha value is -4.94. The fraction of sp³-hybridized carbons (Fsp3) is 0.235. The fourth-order valence-electron chi connectivity index (χ4n) is 5.28. The summed E-state index contributed by atoms with van der Waals surface area (Å²) in [6.45, 7) is 3.52. The molecule has 43 heavy (non-hydrogen) atoms. The first-order valence-electron chi connectivity index (χ1n) is 14.0. The molecule has 0 unspecified atom stereocenters. The summed E-state index contributed by atoms with van der Waals surface area (Å²) in [5, 5.41) is 8.93. The number of rotatable bonds is 9. The Balaban J connectivity index is 1.23. The number of benzene rings is 3. The Kier molecular flexibility index (Phi) is 7.95. The number of nitriles is 1. The Labute approximate surface area is 247 Å². The highest BCUT2D eigenvalue weighted by Gasteiger charge is 2.21.